The van der Waals surface area contributed by atoms with Gasteiger partial charge in [0.25, 0.3) is 0 Å². The van der Waals surface area contributed by atoms with Gasteiger partial charge in [-0.2, -0.15) is 0 Å². The summed E-state index contributed by atoms with van der Waals surface area (Å²) in [7, 11) is 1.80. The van der Waals surface area contributed by atoms with Gasteiger partial charge in [-0.15, -0.1) is 13.2 Å². The van der Waals surface area contributed by atoms with Gasteiger partial charge in [-0.05, 0) is 45.6 Å². The lowest BCUT2D eigenvalue weighted by atomic mass is 9.92. The van der Waals surface area contributed by atoms with Gasteiger partial charge in [-0.3, -0.25) is 9.69 Å². The van der Waals surface area contributed by atoms with Crippen molar-refractivity contribution in [1.29, 1.82) is 0 Å². The number of aliphatic hydroxyl groups is 2. The normalized spacial score (nSPS) is 33.5. The summed E-state index contributed by atoms with van der Waals surface area (Å²) in [6.45, 7) is 7.98. The molecule has 2 aliphatic rings. The summed E-state index contributed by atoms with van der Waals surface area (Å²) in [5.74, 6) is -2.83. The molecule has 0 aromatic heterocycles. The van der Waals surface area contributed by atoms with E-state index in [1.807, 2.05) is 6.08 Å². The lowest BCUT2D eigenvalue weighted by Crippen LogP contribution is -2.50. The number of nitrogens with one attached hydrogen (secondary N) is 1. The fraction of sp³-hybridized carbons (Fsp3) is 0.700. The molecule has 0 bridgehead atoms. The minimum Gasteiger partial charge on any atom is -0.479 e. The van der Waals surface area contributed by atoms with Gasteiger partial charge in [0, 0.05) is 24.3 Å². The first-order valence-electron chi connectivity index (χ1n) is 9.62. The van der Waals surface area contributed by atoms with Crippen molar-refractivity contribution in [3.8, 4) is 0 Å². The molecule has 4 N–H and O–H groups in total. The number of aliphatic hydroxyl groups excluding tert-OH is 2. The van der Waals surface area contributed by atoms with Gasteiger partial charge < -0.3 is 20.6 Å². The number of carboxylic acid groups (broad SMARTS) is 1. The van der Waals surface area contributed by atoms with E-state index in [1.165, 1.54) is 0 Å². The van der Waals surface area contributed by atoms with Crippen molar-refractivity contribution in [2.45, 2.75) is 56.4 Å². The molecular formula is C20H32N2O5. The molecule has 0 spiro atoms. The van der Waals surface area contributed by atoms with Gasteiger partial charge in [-0.1, -0.05) is 12.2 Å². The number of unbranched alkanes of at least 4 members (excludes halogenated alkanes) is 2. The Morgan fingerprint density at radius 2 is 2.04 bits per heavy atom. The maximum absolute atomic E-state index is 12.8. The van der Waals surface area contributed by atoms with Crippen LogP contribution in [0.25, 0.3) is 0 Å². The van der Waals surface area contributed by atoms with Crippen molar-refractivity contribution in [3.05, 3.63) is 25.3 Å². The van der Waals surface area contributed by atoms with E-state index in [2.05, 4.69) is 18.5 Å². The zero-order valence-electron chi connectivity index (χ0n) is 16.0. The average molecular weight is 380 g/mol. The number of carboxylic acids is 1. The SMILES string of the molecule is C=CCCCCN(C)C(O)[C@@H]1C[C@H](O)C[C@H]1C(=O)N[C@]1(C(=O)O)C[C@H]1C=C. The highest BCUT2D eigenvalue weighted by Crippen LogP contribution is 2.45. The number of amides is 1. The van der Waals surface area contributed by atoms with E-state index in [9.17, 15) is 24.9 Å². The number of hydrogen-bond acceptors (Lipinski definition) is 5. The third-order valence-corrected chi connectivity index (χ3v) is 5.95. The Balaban J connectivity index is 2.00. The van der Waals surface area contributed by atoms with Crippen LogP contribution in [0.1, 0.15) is 38.5 Å². The standard InChI is InChI=1S/C20H32N2O5/c1-4-6-7-8-9-22(3)18(25)16-11-14(23)10-15(16)17(24)21-20(19(26)27)12-13(20)5-2/h4-5,13-16,18,23,25H,1-2,6-12H2,3H3,(H,21,24)(H,26,27)/t13-,14-,15-,16-,18?,20-/m1/s1. The molecule has 152 valence electrons. The Morgan fingerprint density at radius 3 is 2.59 bits per heavy atom. The van der Waals surface area contributed by atoms with Gasteiger partial charge in [0.05, 0.1) is 6.10 Å². The van der Waals surface area contributed by atoms with Crippen LogP contribution in [-0.2, 0) is 9.59 Å². The van der Waals surface area contributed by atoms with Crippen molar-refractivity contribution < 1.29 is 24.9 Å². The molecule has 2 fully saturated rings. The van der Waals surface area contributed by atoms with Crippen molar-refractivity contribution in [2.75, 3.05) is 13.6 Å². The fourth-order valence-electron chi connectivity index (χ4n) is 4.11. The average Bonchev–Trinajstić information content (AvgIpc) is 3.21. The third kappa shape index (κ3) is 4.78. The largest absolute Gasteiger partial charge is 0.479 e. The molecule has 1 amide bonds. The second-order valence-corrected chi connectivity index (χ2v) is 7.89. The Morgan fingerprint density at radius 1 is 1.33 bits per heavy atom. The molecule has 2 saturated carbocycles. The van der Waals surface area contributed by atoms with E-state index in [4.69, 9.17) is 0 Å². The Hall–Kier alpha value is -1.70. The maximum atomic E-state index is 12.8. The third-order valence-electron chi connectivity index (χ3n) is 5.95. The molecule has 0 aliphatic heterocycles. The van der Waals surface area contributed by atoms with Crippen LogP contribution in [0, 0.1) is 17.8 Å². The van der Waals surface area contributed by atoms with Crippen LogP contribution >= 0.6 is 0 Å². The van der Waals surface area contributed by atoms with Crippen LogP contribution in [0.4, 0.5) is 0 Å². The summed E-state index contributed by atoms with van der Waals surface area (Å²) in [6, 6.07) is 0. The van der Waals surface area contributed by atoms with Crippen LogP contribution in [0.15, 0.2) is 25.3 Å². The fourth-order valence-corrected chi connectivity index (χ4v) is 4.11. The Kier molecular flexibility index (Phi) is 7.19. The van der Waals surface area contributed by atoms with Crippen LogP contribution < -0.4 is 5.32 Å². The van der Waals surface area contributed by atoms with Crippen LogP contribution in [0.3, 0.4) is 0 Å². The summed E-state index contributed by atoms with van der Waals surface area (Å²) < 4.78 is 0. The summed E-state index contributed by atoms with van der Waals surface area (Å²) in [5.41, 5.74) is -1.29. The maximum Gasteiger partial charge on any atom is 0.330 e. The quantitative estimate of drug-likeness (QED) is 0.243. The number of rotatable bonds is 11. The molecule has 0 saturated heterocycles. The molecule has 6 atom stereocenters. The zero-order valence-corrected chi connectivity index (χ0v) is 16.0. The Bertz CT molecular complexity index is 581. The molecular weight excluding hydrogens is 348 g/mol. The van der Waals surface area contributed by atoms with E-state index in [0.29, 0.717) is 19.4 Å². The van der Waals surface area contributed by atoms with Gasteiger partial charge in [-0.25, -0.2) is 4.79 Å². The van der Waals surface area contributed by atoms with Gasteiger partial charge in [0.15, 0.2) is 0 Å². The predicted molar refractivity (Wildman–Crippen MR) is 102 cm³/mol. The predicted octanol–water partition coefficient (Wildman–Crippen LogP) is 1.13. The highest BCUT2D eigenvalue weighted by molar-refractivity contribution is 5.91. The molecule has 0 radical (unpaired) electrons. The summed E-state index contributed by atoms with van der Waals surface area (Å²) in [4.78, 5) is 26.2. The Labute approximate surface area is 160 Å². The van der Waals surface area contributed by atoms with E-state index >= 15 is 0 Å². The molecule has 2 rings (SSSR count). The van der Waals surface area contributed by atoms with E-state index in [-0.39, 0.29) is 12.3 Å². The number of aliphatic carboxylic acids is 1. The molecule has 27 heavy (non-hydrogen) atoms. The first kappa shape index (κ1) is 21.6. The van der Waals surface area contributed by atoms with Crippen LogP contribution in [0.5, 0.6) is 0 Å². The van der Waals surface area contributed by atoms with Gasteiger partial charge in [0.2, 0.25) is 5.91 Å². The summed E-state index contributed by atoms with van der Waals surface area (Å²) in [5, 5.41) is 32.9. The lowest BCUT2D eigenvalue weighted by Gasteiger charge is -2.31. The molecule has 2 aliphatic carbocycles. The zero-order chi connectivity index (χ0) is 20.2. The molecule has 7 nitrogen and oxygen atoms in total. The number of hydrogen-bond donors (Lipinski definition) is 4. The van der Waals surface area contributed by atoms with E-state index < -0.39 is 41.6 Å². The lowest BCUT2D eigenvalue weighted by molar-refractivity contribution is -0.145. The molecule has 1 unspecified atom stereocenters. The summed E-state index contributed by atoms with van der Waals surface area (Å²) >= 11 is 0. The number of carbonyl (C=O) groups is 2. The minimum atomic E-state index is -1.29. The van der Waals surface area contributed by atoms with Crippen LogP contribution in [0.2, 0.25) is 0 Å². The minimum absolute atomic E-state index is 0.228. The number of nitrogens with zero attached hydrogens (tertiary/aromatic N) is 1. The molecule has 0 heterocycles. The van der Waals surface area contributed by atoms with E-state index in [0.717, 1.165) is 19.3 Å². The second kappa shape index (κ2) is 8.99. The van der Waals surface area contributed by atoms with Gasteiger partial charge in [0.1, 0.15) is 11.8 Å². The monoisotopic (exact) mass is 380 g/mol. The first-order chi connectivity index (χ1) is 12.8. The van der Waals surface area contributed by atoms with Crippen LogP contribution in [-0.4, -0.2) is 63.6 Å². The highest BCUT2D eigenvalue weighted by Gasteiger charge is 2.61. The summed E-state index contributed by atoms with van der Waals surface area (Å²) in [6.07, 6.45) is 5.52. The number of allylic oxidation sites excluding steroid dienone is 1. The first-order valence-corrected chi connectivity index (χ1v) is 9.62. The topological polar surface area (TPSA) is 110 Å². The highest BCUT2D eigenvalue weighted by atomic mass is 16.4. The van der Waals surface area contributed by atoms with Crippen molar-refractivity contribution in [1.82, 2.24) is 10.2 Å². The smallest absolute Gasteiger partial charge is 0.330 e. The molecule has 0 aromatic rings. The van der Waals surface area contributed by atoms with E-state index in [1.54, 1.807) is 18.0 Å². The molecule has 0 aromatic carbocycles. The van der Waals surface area contributed by atoms with Gasteiger partial charge >= 0.3 is 5.97 Å². The van der Waals surface area contributed by atoms with Crippen molar-refractivity contribution in [3.63, 3.8) is 0 Å². The van der Waals surface area contributed by atoms with Crippen molar-refractivity contribution in [2.24, 2.45) is 17.8 Å². The molecule has 7 heteroatoms. The van der Waals surface area contributed by atoms with Crippen molar-refractivity contribution >= 4 is 11.9 Å². The second-order valence-electron chi connectivity index (χ2n) is 7.89. The number of carbonyl (C=O) groups excluding carboxylic acids is 1.